The molecule has 0 aromatic heterocycles. The topological polar surface area (TPSA) is 64.8 Å². The summed E-state index contributed by atoms with van der Waals surface area (Å²) in [5, 5.41) is 10.8. The molecule has 0 spiro atoms. The van der Waals surface area contributed by atoms with Crippen molar-refractivity contribution in [2.45, 2.75) is 6.54 Å². The Morgan fingerprint density at radius 1 is 1.04 bits per heavy atom. The van der Waals surface area contributed by atoms with Crippen LogP contribution in [0.4, 0.5) is 5.69 Å². The molecule has 0 aliphatic heterocycles. The molecule has 0 atom stereocenters. The maximum atomic E-state index is 10.8. The Kier molecular flexibility index (Phi) is 7.20. The number of benzene rings is 2. The summed E-state index contributed by atoms with van der Waals surface area (Å²) in [6, 6.07) is 16.4. The zero-order valence-corrected chi connectivity index (χ0v) is 13.8. The van der Waals surface area contributed by atoms with Gasteiger partial charge in [0.2, 0.25) is 0 Å². The highest BCUT2D eigenvalue weighted by molar-refractivity contribution is 5.37. The van der Waals surface area contributed by atoms with Gasteiger partial charge < -0.3 is 9.47 Å². The van der Waals surface area contributed by atoms with Crippen molar-refractivity contribution in [1.82, 2.24) is 4.90 Å². The molecule has 0 bridgehead atoms. The second kappa shape index (κ2) is 9.64. The van der Waals surface area contributed by atoms with Crippen molar-refractivity contribution < 1.29 is 14.4 Å². The van der Waals surface area contributed by atoms with Crippen LogP contribution in [0.5, 0.6) is 5.75 Å². The molecule has 0 unspecified atom stereocenters. The first-order valence-electron chi connectivity index (χ1n) is 7.81. The molecule has 0 amide bonds. The predicted molar refractivity (Wildman–Crippen MR) is 92.2 cm³/mol. The molecule has 128 valence electrons. The fraction of sp³-hybridized carbons (Fsp3) is 0.333. The van der Waals surface area contributed by atoms with Crippen LogP contribution in [-0.4, -0.2) is 43.2 Å². The predicted octanol–water partition coefficient (Wildman–Crippen LogP) is 3.12. The Hall–Kier alpha value is -2.44. The van der Waals surface area contributed by atoms with Crippen LogP contribution in [-0.2, 0) is 11.3 Å². The molecule has 0 N–H and O–H groups in total. The van der Waals surface area contributed by atoms with Crippen LogP contribution < -0.4 is 4.74 Å². The van der Waals surface area contributed by atoms with E-state index < -0.39 is 4.92 Å². The van der Waals surface area contributed by atoms with E-state index in [1.54, 1.807) is 19.2 Å². The molecule has 0 fully saturated rings. The van der Waals surface area contributed by atoms with Crippen molar-refractivity contribution in [2.24, 2.45) is 0 Å². The highest BCUT2D eigenvalue weighted by atomic mass is 16.6. The standard InChI is InChI=1S/C18H22N2O4/c1-23-12-10-19(15-16-6-3-2-4-7-16)11-13-24-18-9-5-8-17(14-18)20(21)22/h2-9,14H,10-13,15H2,1H3. The van der Waals surface area contributed by atoms with Crippen LogP contribution in [0, 0.1) is 10.1 Å². The summed E-state index contributed by atoms with van der Waals surface area (Å²) in [6.07, 6.45) is 0. The third-order valence-corrected chi connectivity index (χ3v) is 3.57. The van der Waals surface area contributed by atoms with Crippen LogP contribution in [0.1, 0.15) is 5.56 Å². The van der Waals surface area contributed by atoms with Gasteiger partial charge in [0, 0.05) is 32.8 Å². The fourth-order valence-electron chi connectivity index (χ4n) is 2.31. The van der Waals surface area contributed by atoms with Crippen LogP contribution in [0.25, 0.3) is 0 Å². The number of nitro groups is 1. The third kappa shape index (κ3) is 5.98. The zero-order valence-electron chi connectivity index (χ0n) is 13.8. The van der Waals surface area contributed by atoms with E-state index in [-0.39, 0.29) is 5.69 Å². The number of hydrogen-bond acceptors (Lipinski definition) is 5. The average Bonchev–Trinajstić information content (AvgIpc) is 2.60. The summed E-state index contributed by atoms with van der Waals surface area (Å²) in [5.41, 5.74) is 1.26. The Labute approximate surface area is 141 Å². The first kappa shape index (κ1) is 17.9. The van der Waals surface area contributed by atoms with Gasteiger partial charge in [0.1, 0.15) is 12.4 Å². The molecule has 6 heteroatoms. The summed E-state index contributed by atoms with van der Waals surface area (Å²) in [5.74, 6) is 0.510. The Balaban J connectivity index is 1.87. The second-order valence-electron chi connectivity index (χ2n) is 5.36. The molecule has 2 rings (SSSR count). The van der Waals surface area contributed by atoms with Crippen LogP contribution in [0.15, 0.2) is 54.6 Å². The number of nitro benzene ring substituents is 1. The van der Waals surface area contributed by atoms with Crippen molar-refractivity contribution in [3.05, 3.63) is 70.3 Å². The molecule has 24 heavy (non-hydrogen) atoms. The molecule has 0 aliphatic rings. The molecular weight excluding hydrogens is 308 g/mol. The normalized spacial score (nSPS) is 10.8. The Morgan fingerprint density at radius 3 is 2.50 bits per heavy atom. The minimum absolute atomic E-state index is 0.0352. The number of hydrogen-bond donors (Lipinski definition) is 0. The molecule has 0 radical (unpaired) electrons. The first-order chi connectivity index (χ1) is 11.7. The molecule has 2 aromatic rings. The largest absolute Gasteiger partial charge is 0.492 e. The molecule has 0 aliphatic carbocycles. The second-order valence-corrected chi connectivity index (χ2v) is 5.36. The molecule has 0 saturated carbocycles. The summed E-state index contributed by atoms with van der Waals surface area (Å²) >= 11 is 0. The van der Waals surface area contributed by atoms with E-state index >= 15 is 0 Å². The van der Waals surface area contributed by atoms with Gasteiger partial charge in [-0.2, -0.15) is 0 Å². The average molecular weight is 330 g/mol. The van der Waals surface area contributed by atoms with E-state index in [2.05, 4.69) is 17.0 Å². The Morgan fingerprint density at radius 2 is 1.79 bits per heavy atom. The minimum Gasteiger partial charge on any atom is -0.492 e. The SMILES string of the molecule is COCCN(CCOc1cccc([N+](=O)[O-])c1)Cc1ccccc1. The van der Waals surface area contributed by atoms with Crippen molar-refractivity contribution in [2.75, 3.05) is 33.4 Å². The quantitative estimate of drug-likeness (QED) is 0.495. The van der Waals surface area contributed by atoms with Gasteiger partial charge in [-0.3, -0.25) is 15.0 Å². The third-order valence-electron chi connectivity index (χ3n) is 3.57. The number of rotatable bonds is 10. The summed E-state index contributed by atoms with van der Waals surface area (Å²) < 4.78 is 10.8. The van der Waals surface area contributed by atoms with Gasteiger partial charge in [-0.25, -0.2) is 0 Å². The minimum atomic E-state index is -0.423. The smallest absolute Gasteiger partial charge is 0.273 e. The maximum absolute atomic E-state index is 10.8. The molecular formula is C18H22N2O4. The lowest BCUT2D eigenvalue weighted by atomic mass is 10.2. The summed E-state index contributed by atoms with van der Waals surface area (Å²) in [7, 11) is 1.68. The summed E-state index contributed by atoms with van der Waals surface area (Å²) in [4.78, 5) is 12.6. The lowest BCUT2D eigenvalue weighted by Gasteiger charge is -2.22. The summed E-state index contributed by atoms with van der Waals surface area (Å²) in [6.45, 7) is 3.41. The monoisotopic (exact) mass is 330 g/mol. The first-order valence-corrected chi connectivity index (χ1v) is 7.81. The zero-order chi connectivity index (χ0) is 17.2. The highest BCUT2D eigenvalue weighted by Gasteiger charge is 2.08. The van der Waals surface area contributed by atoms with Gasteiger partial charge in [0.15, 0.2) is 0 Å². The van der Waals surface area contributed by atoms with Crippen LogP contribution in [0.2, 0.25) is 0 Å². The van der Waals surface area contributed by atoms with E-state index in [0.29, 0.717) is 25.5 Å². The van der Waals surface area contributed by atoms with Gasteiger partial charge in [-0.15, -0.1) is 0 Å². The number of nitrogens with zero attached hydrogens (tertiary/aromatic N) is 2. The van der Waals surface area contributed by atoms with Crippen LogP contribution >= 0.6 is 0 Å². The van der Waals surface area contributed by atoms with E-state index in [0.717, 1.165) is 13.1 Å². The van der Waals surface area contributed by atoms with Crippen molar-refractivity contribution >= 4 is 5.69 Å². The number of non-ortho nitro benzene ring substituents is 1. The van der Waals surface area contributed by atoms with Crippen molar-refractivity contribution in [3.63, 3.8) is 0 Å². The van der Waals surface area contributed by atoms with Crippen LogP contribution in [0.3, 0.4) is 0 Å². The van der Waals surface area contributed by atoms with Gasteiger partial charge in [-0.05, 0) is 11.6 Å². The van der Waals surface area contributed by atoms with Crippen molar-refractivity contribution in [1.29, 1.82) is 0 Å². The van der Waals surface area contributed by atoms with Crippen molar-refractivity contribution in [3.8, 4) is 5.75 Å². The molecule has 2 aromatic carbocycles. The maximum Gasteiger partial charge on any atom is 0.273 e. The van der Waals surface area contributed by atoms with E-state index in [4.69, 9.17) is 9.47 Å². The van der Waals surface area contributed by atoms with Gasteiger partial charge in [0.25, 0.3) is 5.69 Å². The van der Waals surface area contributed by atoms with Gasteiger partial charge in [0.05, 0.1) is 17.6 Å². The lowest BCUT2D eigenvalue weighted by molar-refractivity contribution is -0.384. The van der Waals surface area contributed by atoms with Gasteiger partial charge >= 0.3 is 0 Å². The number of ether oxygens (including phenoxy) is 2. The Bertz CT molecular complexity index is 634. The van der Waals surface area contributed by atoms with Gasteiger partial charge in [-0.1, -0.05) is 36.4 Å². The molecule has 6 nitrogen and oxygen atoms in total. The number of methoxy groups -OCH3 is 1. The molecule has 0 heterocycles. The van der Waals surface area contributed by atoms with E-state index in [1.807, 2.05) is 18.2 Å². The molecule has 0 saturated heterocycles. The lowest BCUT2D eigenvalue weighted by Crippen LogP contribution is -2.31. The highest BCUT2D eigenvalue weighted by Crippen LogP contribution is 2.19. The fourth-order valence-corrected chi connectivity index (χ4v) is 2.31. The van der Waals surface area contributed by atoms with E-state index in [1.165, 1.54) is 17.7 Å². The van der Waals surface area contributed by atoms with E-state index in [9.17, 15) is 10.1 Å².